The first-order valence-corrected chi connectivity index (χ1v) is 7.94. The second kappa shape index (κ2) is 7.02. The number of methoxy groups -OCH3 is 1. The molecule has 2 heterocycles. The predicted molar refractivity (Wildman–Crippen MR) is 97.0 cm³/mol. The fourth-order valence-corrected chi connectivity index (χ4v) is 2.50. The summed E-state index contributed by atoms with van der Waals surface area (Å²) in [6.07, 6.45) is 3.09. The minimum absolute atomic E-state index is 0.335. The summed E-state index contributed by atoms with van der Waals surface area (Å²) in [4.78, 5) is 12.8. The Labute approximate surface area is 149 Å². The molecule has 128 valence electrons. The first kappa shape index (κ1) is 15.8. The summed E-state index contributed by atoms with van der Waals surface area (Å²) in [6, 6.07) is 17.2. The van der Waals surface area contributed by atoms with Gasteiger partial charge in [0.1, 0.15) is 23.5 Å². The van der Waals surface area contributed by atoms with Gasteiger partial charge in [-0.3, -0.25) is 0 Å². The molecule has 4 rings (SSSR count). The quantitative estimate of drug-likeness (QED) is 0.586. The Bertz CT molecular complexity index is 1020. The molecule has 0 fully saturated rings. The summed E-state index contributed by atoms with van der Waals surface area (Å²) >= 11 is 0. The molecule has 0 aliphatic carbocycles. The second-order valence-corrected chi connectivity index (χ2v) is 5.40. The molecule has 7 nitrogen and oxygen atoms in total. The number of para-hydroxylation sites is 2. The number of rotatable bonds is 5. The van der Waals surface area contributed by atoms with Crippen LogP contribution in [0.4, 0.5) is 11.5 Å². The molecule has 0 bridgehead atoms. The van der Waals surface area contributed by atoms with E-state index < -0.39 is 0 Å². The Morgan fingerprint density at radius 1 is 1.00 bits per heavy atom. The number of nitrogens with zero attached hydrogens (tertiary/aromatic N) is 4. The van der Waals surface area contributed by atoms with Crippen molar-refractivity contribution >= 4 is 11.5 Å². The van der Waals surface area contributed by atoms with Crippen molar-refractivity contribution in [1.29, 1.82) is 0 Å². The minimum atomic E-state index is 0.335. The zero-order chi connectivity index (χ0) is 17.8. The molecule has 0 amide bonds. The largest absolute Gasteiger partial charge is 0.495 e. The molecule has 26 heavy (non-hydrogen) atoms. The van der Waals surface area contributed by atoms with Gasteiger partial charge in [-0.15, -0.1) is 0 Å². The van der Waals surface area contributed by atoms with E-state index in [0.717, 1.165) is 11.3 Å². The van der Waals surface area contributed by atoms with E-state index in [9.17, 15) is 0 Å². The van der Waals surface area contributed by atoms with E-state index in [2.05, 4.69) is 25.4 Å². The van der Waals surface area contributed by atoms with Gasteiger partial charge >= 0.3 is 0 Å². The topological polar surface area (TPSA) is 86.0 Å². The summed E-state index contributed by atoms with van der Waals surface area (Å²) in [7, 11) is 1.62. The van der Waals surface area contributed by atoms with Crippen molar-refractivity contribution in [3.8, 4) is 28.6 Å². The molecule has 2 aromatic carbocycles. The molecule has 0 spiro atoms. The van der Waals surface area contributed by atoms with Gasteiger partial charge in [-0.05, 0) is 12.1 Å². The summed E-state index contributed by atoms with van der Waals surface area (Å²) in [5, 5.41) is 7.29. The van der Waals surface area contributed by atoms with Crippen LogP contribution < -0.4 is 10.1 Å². The highest BCUT2D eigenvalue weighted by atomic mass is 16.5. The zero-order valence-electron chi connectivity index (χ0n) is 14.0. The number of ether oxygens (including phenoxy) is 1. The lowest BCUT2D eigenvalue weighted by atomic mass is 10.2. The van der Waals surface area contributed by atoms with E-state index in [0.29, 0.717) is 28.8 Å². The molecular weight excluding hydrogens is 330 g/mol. The maximum Gasteiger partial charge on any atom is 0.263 e. The Kier molecular flexibility index (Phi) is 4.26. The molecule has 1 N–H and O–H groups in total. The minimum Gasteiger partial charge on any atom is -0.495 e. The van der Waals surface area contributed by atoms with Gasteiger partial charge in [0, 0.05) is 11.8 Å². The van der Waals surface area contributed by atoms with Crippen LogP contribution in [0.15, 0.2) is 71.6 Å². The van der Waals surface area contributed by atoms with Crippen LogP contribution in [0.1, 0.15) is 0 Å². The highest BCUT2D eigenvalue weighted by molar-refractivity contribution is 5.75. The molecule has 0 aliphatic rings. The Morgan fingerprint density at radius 3 is 2.65 bits per heavy atom. The third-order valence-corrected chi connectivity index (χ3v) is 3.76. The number of aromatic nitrogens is 4. The summed E-state index contributed by atoms with van der Waals surface area (Å²) < 4.78 is 10.8. The lowest BCUT2D eigenvalue weighted by Crippen LogP contribution is -1.99. The van der Waals surface area contributed by atoms with Gasteiger partial charge in [0.2, 0.25) is 5.82 Å². The Balaban J connectivity index is 1.70. The lowest BCUT2D eigenvalue weighted by Gasteiger charge is -2.11. The molecule has 0 saturated carbocycles. The van der Waals surface area contributed by atoms with Crippen molar-refractivity contribution in [2.24, 2.45) is 0 Å². The molecule has 0 unspecified atom stereocenters. The van der Waals surface area contributed by atoms with Crippen LogP contribution >= 0.6 is 0 Å². The first-order chi connectivity index (χ1) is 12.8. The summed E-state index contributed by atoms with van der Waals surface area (Å²) in [6.45, 7) is 0. The molecular formula is C19H15N5O2. The van der Waals surface area contributed by atoms with Crippen LogP contribution in [-0.2, 0) is 0 Å². The Hall–Kier alpha value is -3.74. The van der Waals surface area contributed by atoms with Gasteiger partial charge in [-0.2, -0.15) is 4.98 Å². The summed E-state index contributed by atoms with van der Waals surface area (Å²) in [5.74, 6) is 2.09. The van der Waals surface area contributed by atoms with E-state index in [1.807, 2.05) is 54.6 Å². The van der Waals surface area contributed by atoms with Crippen molar-refractivity contribution in [1.82, 2.24) is 20.1 Å². The standard InChI is InChI=1S/C19H15N5O2/c1-25-16-10-6-5-9-15(16)22-18-14(11-20-12-21-18)19-23-17(24-26-19)13-7-3-2-4-8-13/h2-12H,1H3,(H,20,21,22). The molecule has 2 aromatic heterocycles. The first-order valence-electron chi connectivity index (χ1n) is 7.94. The van der Waals surface area contributed by atoms with Crippen molar-refractivity contribution < 1.29 is 9.26 Å². The third kappa shape index (κ3) is 3.10. The van der Waals surface area contributed by atoms with Crippen LogP contribution in [0.25, 0.3) is 22.8 Å². The number of hydrogen-bond donors (Lipinski definition) is 1. The van der Waals surface area contributed by atoms with Gasteiger partial charge in [0.05, 0.1) is 12.8 Å². The van der Waals surface area contributed by atoms with Crippen molar-refractivity contribution in [2.45, 2.75) is 0 Å². The second-order valence-electron chi connectivity index (χ2n) is 5.40. The average Bonchev–Trinajstić information content (AvgIpc) is 3.19. The van der Waals surface area contributed by atoms with Crippen molar-refractivity contribution in [3.63, 3.8) is 0 Å². The molecule has 4 aromatic rings. The molecule has 7 heteroatoms. The molecule has 0 aliphatic heterocycles. The molecule has 0 atom stereocenters. The average molecular weight is 345 g/mol. The highest BCUT2D eigenvalue weighted by Gasteiger charge is 2.16. The van der Waals surface area contributed by atoms with E-state index in [4.69, 9.17) is 9.26 Å². The van der Waals surface area contributed by atoms with E-state index >= 15 is 0 Å². The fourth-order valence-electron chi connectivity index (χ4n) is 2.50. The van der Waals surface area contributed by atoms with Crippen LogP contribution in [0.3, 0.4) is 0 Å². The van der Waals surface area contributed by atoms with Gasteiger partial charge < -0.3 is 14.6 Å². The van der Waals surface area contributed by atoms with Crippen LogP contribution in [0.5, 0.6) is 5.75 Å². The fraction of sp³-hybridized carbons (Fsp3) is 0.0526. The van der Waals surface area contributed by atoms with E-state index in [-0.39, 0.29) is 0 Å². The maximum absolute atomic E-state index is 5.43. The predicted octanol–water partition coefficient (Wildman–Crippen LogP) is 3.95. The van der Waals surface area contributed by atoms with Gasteiger partial charge in [0.15, 0.2) is 0 Å². The monoisotopic (exact) mass is 345 g/mol. The highest BCUT2D eigenvalue weighted by Crippen LogP contribution is 2.31. The lowest BCUT2D eigenvalue weighted by molar-refractivity contribution is 0.417. The van der Waals surface area contributed by atoms with Gasteiger partial charge in [-0.25, -0.2) is 9.97 Å². The number of nitrogens with one attached hydrogen (secondary N) is 1. The number of hydrogen-bond acceptors (Lipinski definition) is 7. The van der Waals surface area contributed by atoms with Crippen molar-refractivity contribution in [2.75, 3.05) is 12.4 Å². The summed E-state index contributed by atoms with van der Waals surface area (Å²) in [5.41, 5.74) is 2.25. The van der Waals surface area contributed by atoms with Crippen LogP contribution in [0.2, 0.25) is 0 Å². The maximum atomic E-state index is 5.43. The van der Waals surface area contributed by atoms with Gasteiger partial charge in [-0.1, -0.05) is 47.6 Å². The smallest absolute Gasteiger partial charge is 0.263 e. The van der Waals surface area contributed by atoms with Crippen molar-refractivity contribution in [3.05, 3.63) is 67.1 Å². The van der Waals surface area contributed by atoms with E-state index in [1.54, 1.807) is 13.3 Å². The SMILES string of the molecule is COc1ccccc1Nc1ncncc1-c1nc(-c2ccccc2)no1. The number of anilines is 2. The third-order valence-electron chi connectivity index (χ3n) is 3.76. The molecule has 0 radical (unpaired) electrons. The number of benzene rings is 2. The van der Waals surface area contributed by atoms with Crippen LogP contribution in [-0.4, -0.2) is 27.2 Å². The van der Waals surface area contributed by atoms with Crippen LogP contribution in [0, 0.1) is 0 Å². The van der Waals surface area contributed by atoms with Gasteiger partial charge in [0.25, 0.3) is 5.89 Å². The Morgan fingerprint density at radius 2 is 1.81 bits per heavy atom. The zero-order valence-corrected chi connectivity index (χ0v) is 14.0. The normalized spacial score (nSPS) is 10.5. The molecule has 0 saturated heterocycles. The van der Waals surface area contributed by atoms with E-state index in [1.165, 1.54) is 6.33 Å².